The molecule has 0 aliphatic carbocycles. The quantitative estimate of drug-likeness (QED) is 0.801. The van der Waals surface area contributed by atoms with Crippen LogP contribution in [-0.4, -0.2) is 16.2 Å². The van der Waals surface area contributed by atoms with Crippen molar-refractivity contribution in [3.63, 3.8) is 0 Å². The Hall–Kier alpha value is -2.56. The van der Waals surface area contributed by atoms with E-state index >= 15 is 0 Å². The van der Waals surface area contributed by atoms with Crippen LogP contribution in [0.5, 0.6) is 5.75 Å². The van der Waals surface area contributed by atoms with Crippen LogP contribution in [0.15, 0.2) is 42.5 Å². The summed E-state index contributed by atoms with van der Waals surface area (Å²) in [5, 5.41) is 0. The Morgan fingerprint density at radius 3 is 2.90 bits per heavy atom. The van der Waals surface area contributed by atoms with Crippen molar-refractivity contribution in [3.8, 4) is 5.75 Å². The fraction of sp³-hybridized carbons (Fsp3) is 0.188. The Labute approximate surface area is 122 Å². The smallest absolute Gasteiger partial charge is 0.201 e. The van der Waals surface area contributed by atoms with Gasteiger partial charge in [0.25, 0.3) is 0 Å². The second-order valence-corrected chi connectivity index (χ2v) is 4.92. The zero-order valence-corrected chi connectivity index (χ0v) is 11.7. The molecule has 1 heterocycles. The number of imidazole rings is 1. The predicted molar refractivity (Wildman–Crippen MR) is 80.8 cm³/mol. The predicted octanol–water partition coefficient (Wildman–Crippen LogP) is 3.15. The molecule has 5 heteroatoms. The molecule has 0 aliphatic rings. The number of aromatic nitrogens is 2. The maximum absolute atomic E-state index is 13.3. The highest BCUT2D eigenvalue weighted by Crippen LogP contribution is 2.19. The number of hydrogen-bond acceptors (Lipinski definition) is 3. The van der Waals surface area contributed by atoms with E-state index in [4.69, 9.17) is 10.5 Å². The molecule has 0 aliphatic heterocycles. The van der Waals surface area contributed by atoms with Crippen molar-refractivity contribution in [2.45, 2.75) is 13.5 Å². The molecule has 0 saturated heterocycles. The highest BCUT2D eigenvalue weighted by molar-refractivity contribution is 5.78. The molecule has 108 valence electrons. The van der Waals surface area contributed by atoms with Crippen LogP contribution in [0.4, 0.5) is 10.3 Å². The van der Waals surface area contributed by atoms with E-state index in [1.807, 2.05) is 31.2 Å². The van der Waals surface area contributed by atoms with E-state index in [1.165, 1.54) is 12.1 Å². The van der Waals surface area contributed by atoms with Gasteiger partial charge in [-0.15, -0.1) is 0 Å². The van der Waals surface area contributed by atoms with Crippen molar-refractivity contribution in [1.82, 2.24) is 9.55 Å². The van der Waals surface area contributed by atoms with Crippen molar-refractivity contribution >= 4 is 17.0 Å². The zero-order valence-electron chi connectivity index (χ0n) is 11.7. The maximum atomic E-state index is 13.3. The Kier molecular flexibility index (Phi) is 3.48. The monoisotopic (exact) mass is 285 g/mol. The molecule has 0 saturated carbocycles. The summed E-state index contributed by atoms with van der Waals surface area (Å²) < 4.78 is 20.8. The van der Waals surface area contributed by atoms with Crippen molar-refractivity contribution < 1.29 is 9.13 Å². The lowest BCUT2D eigenvalue weighted by atomic mass is 10.2. The van der Waals surface area contributed by atoms with Gasteiger partial charge < -0.3 is 15.0 Å². The second kappa shape index (κ2) is 5.44. The average Bonchev–Trinajstić information content (AvgIpc) is 2.75. The third-order valence-electron chi connectivity index (χ3n) is 3.31. The molecule has 1 aromatic heterocycles. The first-order valence-electron chi connectivity index (χ1n) is 6.74. The van der Waals surface area contributed by atoms with E-state index < -0.39 is 0 Å². The van der Waals surface area contributed by atoms with Crippen LogP contribution in [0, 0.1) is 12.7 Å². The highest BCUT2D eigenvalue weighted by atomic mass is 19.1. The van der Waals surface area contributed by atoms with Crippen LogP contribution >= 0.6 is 0 Å². The maximum Gasteiger partial charge on any atom is 0.201 e. The Morgan fingerprint density at radius 1 is 1.24 bits per heavy atom. The van der Waals surface area contributed by atoms with E-state index in [-0.39, 0.29) is 5.82 Å². The SMILES string of the molecule is Cc1cccc(OCCn2c(N)nc3ccc(F)cc32)c1. The largest absolute Gasteiger partial charge is 0.492 e. The fourth-order valence-corrected chi connectivity index (χ4v) is 2.31. The fourth-order valence-electron chi connectivity index (χ4n) is 2.31. The van der Waals surface area contributed by atoms with Gasteiger partial charge in [0.05, 0.1) is 17.6 Å². The van der Waals surface area contributed by atoms with Gasteiger partial charge in [0.15, 0.2) is 0 Å². The number of rotatable bonds is 4. The van der Waals surface area contributed by atoms with Crippen LogP contribution in [0.1, 0.15) is 5.56 Å². The van der Waals surface area contributed by atoms with E-state index in [0.29, 0.717) is 30.1 Å². The Morgan fingerprint density at radius 2 is 2.10 bits per heavy atom. The van der Waals surface area contributed by atoms with Gasteiger partial charge in [-0.2, -0.15) is 0 Å². The van der Waals surface area contributed by atoms with Gasteiger partial charge in [-0.1, -0.05) is 12.1 Å². The molecule has 3 aromatic rings. The number of aryl methyl sites for hydroxylation is 1. The van der Waals surface area contributed by atoms with Gasteiger partial charge in [0, 0.05) is 0 Å². The first kappa shape index (κ1) is 13.4. The summed E-state index contributed by atoms with van der Waals surface area (Å²) >= 11 is 0. The second-order valence-electron chi connectivity index (χ2n) is 4.92. The van der Waals surface area contributed by atoms with Crippen LogP contribution in [0.3, 0.4) is 0 Å². The number of benzene rings is 2. The minimum Gasteiger partial charge on any atom is -0.492 e. The van der Waals surface area contributed by atoms with Gasteiger partial charge in [0.2, 0.25) is 5.95 Å². The van der Waals surface area contributed by atoms with E-state index in [9.17, 15) is 4.39 Å². The van der Waals surface area contributed by atoms with Gasteiger partial charge in [0.1, 0.15) is 18.2 Å². The minimum absolute atomic E-state index is 0.303. The molecule has 2 N–H and O–H groups in total. The first-order valence-corrected chi connectivity index (χ1v) is 6.74. The molecule has 4 nitrogen and oxygen atoms in total. The molecule has 0 radical (unpaired) electrons. The summed E-state index contributed by atoms with van der Waals surface area (Å²) in [6, 6.07) is 12.3. The number of nitrogens with two attached hydrogens (primary N) is 1. The standard InChI is InChI=1S/C16H16FN3O/c1-11-3-2-4-13(9-11)21-8-7-20-15-10-12(17)5-6-14(15)19-16(20)18/h2-6,9-10H,7-8H2,1H3,(H2,18,19). The lowest BCUT2D eigenvalue weighted by Gasteiger charge is -2.09. The molecule has 2 aromatic carbocycles. The number of halogens is 1. The van der Waals surface area contributed by atoms with Gasteiger partial charge >= 0.3 is 0 Å². The normalized spacial score (nSPS) is 11.0. The molecular weight excluding hydrogens is 269 g/mol. The molecule has 0 amide bonds. The summed E-state index contributed by atoms with van der Waals surface area (Å²) in [6.45, 7) is 2.96. The van der Waals surface area contributed by atoms with Crippen LogP contribution in [-0.2, 0) is 6.54 Å². The Bertz CT molecular complexity index is 782. The van der Waals surface area contributed by atoms with Gasteiger partial charge in [-0.05, 0) is 42.8 Å². The third kappa shape index (κ3) is 2.81. The number of ether oxygens (including phenoxy) is 1. The summed E-state index contributed by atoms with van der Waals surface area (Å²) in [4.78, 5) is 4.21. The number of nitrogen functional groups attached to an aromatic ring is 1. The summed E-state index contributed by atoms with van der Waals surface area (Å²) in [5.74, 6) is 0.871. The average molecular weight is 285 g/mol. The molecule has 21 heavy (non-hydrogen) atoms. The van der Waals surface area contributed by atoms with Gasteiger partial charge in [-0.25, -0.2) is 9.37 Å². The lowest BCUT2D eigenvalue weighted by molar-refractivity contribution is 0.301. The molecule has 0 atom stereocenters. The molecule has 3 rings (SSSR count). The summed E-state index contributed by atoms with van der Waals surface area (Å²) in [7, 11) is 0. The summed E-state index contributed by atoms with van der Waals surface area (Å²) in [6.07, 6.45) is 0. The Balaban J connectivity index is 1.76. The van der Waals surface area contributed by atoms with E-state index in [0.717, 1.165) is 11.3 Å². The van der Waals surface area contributed by atoms with Crippen LogP contribution in [0.25, 0.3) is 11.0 Å². The van der Waals surface area contributed by atoms with Crippen molar-refractivity contribution in [3.05, 3.63) is 53.8 Å². The van der Waals surface area contributed by atoms with Crippen molar-refractivity contribution in [1.29, 1.82) is 0 Å². The zero-order chi connectivity index (χ0) is 14.8. The topological polar surface area (TPSA) is 53.1 Å². The van der Waals surface area contributed by atoms with Crippen LogP contribution < -0.4 is 10.5 Å². The lowest BCUT2D eigenvalue weighted by Crippen LogP contribution is -2.10. The van der Waals surface area contributed by atoms with Crippen molar-refractivity contribution in [2.75, 3.05) is 12.3 Å². The number of anilines is 1. The first-order chi connectivity index (χ1) is 10.1. The molecule has 0 bridgehead atoms. The third-order valence-corrected chi connectivity index (χ3v) is 3.31. The van der Waals surface area contributed by atoms with Crippen molar-refractivity contribution in [2.24, 2.45) is 0 Å². The minimum atomic E-state index is -0.303. The summed E-state index contributed by atoms with van der Waals surface area (Å²) in [5.41, 5.74) is 8.39. The number of fused-ring (bicyclic) bond motifs is 1. The number of hydrogen-bond donors (Lipinski definition) is 1. The number of nitrogens with zero attached hydrogens (tertiary/aromatic N) is 2. The van der Waals surface area contributed by atoms with E-state index in [1.54, 1.807) is 10.6 Å². The molecule has 0 fully saturated rings. The molecular formula is C16H16FN3O. The molecule has 0 unspecified atom stereocenters. The van der Waals surface area contributed by atoms with E-state index in [2.05, 4.69) is 4.98 Å². The molecule has 0 spiro atoms. The van der Waals surface area contributed by atoms with Crippen LogP contribution in [0.2, 0.25) is 0 Å². The highest BCUT2D eigenvalue weighted by Gasteiger charge is 2.09. The van der Waals surface area contributed by atoms with Gasteiger partial charge in [-0.3, -0.25) is 0 Å².